The standard InChI is InChI=1S/C14H26N2O3/c1-10(2)12(15)13(18)16-14(9-11(17)19-3)7-5-4-6-8-14/h10,12H,4-9,15H2,1-3H3,(H,16,18)/t12-/m0/s1. The molecule has 5 heteroatoms. The lowest BCUT2D eigenvalue weighted by molar-refractivity contribution is -0.143. The van der Waals surface area contributed by atoms with Crippen molar-refractivity contribution >= 4 is 11.9 Å². The van der Waals surface area contributed by atoms with Gasteiger partial charge in [0.15, 0.2) is 0 Å². The number of ether oxygens (including phenoxy) is 1. The zero-order valence-electron chi connectivity index (χ0n) is 12.2. The van der Waals surface area contributed by atoms with Gasteiger partial charge in [-0.2, -0.15) is 0 Å². The van der Waals surface area contributed by atoms with Crippen molar-refractivity contribution in [3.63, 3.8) is 0 Å². The minimum atomic E-state index is -0.531. The maximum Gasteiger partial charge on any atom is 0.307 e. The van der Waals surface area contributed by atoms with E-state index in [1.807, 2.05) is 13.8 Å². The maximum absolute atomic E-state index is 12.1. The fraction of sp³-hybridized carbons (Fsp3) is 0.857. The van der Waals surface area contributed by atoms with Crippen LogP contribution < -0.4 is 11.1 Å². The molecule has 0 aliphatic heterocycles. The van der Waals surface area contributed by atoms with Crippen molar-refractivity contribution in [3.05, 3.63) is 0 Å². The van der Waals surface area contributed by atoms with E-state index in [0.717, 1.165) is 32.1 Å². The molecule has 1 aliphatic carbocycles. The zero-order valence-corrected chi connectivity index (χ0v) is 12.2. The molecule has 1 fully saturated rings. The largest absolute Gasteiger partial charge is 0.469 e. The average molecular weight is 270 g/mol. The lowest BCUT2D eigenvalue weighted by Crippen LogP contribution is -2.56. The second kappa shape index (κ2) is 6.89. The van der Waals surface area contributed by atoms with E-state index in [0.29, 0.717) is 0 Å². The van der Waals surface area contributed by atoms with Crippen LogP contribution in [0.5, 0.6) is 0 Å². The SMILES string of the molecule is COC(=O)CC1(NC(=O)[C@@H](N)C(C)C)CCCCC1. The zero-order chi connectivity index (χ0) is 14.5. The molecular weight excluding hydrogens is 244 g/mol. The fourth-order valence-corrected chi connectivity index (χ4v) is 2.57. The Kier molecular flexibility index (Phi) is 5.79. The van der Waals surface area contributed by atoms with E-state index >= 15 is 0 Å². The molecule has 0 bridgehead atoms. The number of nitrogens with two attached hydrogens (primary N) is 1. The van der Waals surface area contributed by atoms with Crippen LogP contribution in [-0.4, -0.2) is 30.6 Å². The highest BCUT2D eigenvalue weighted by Crippen LogP contribution is 2.31. The quantitative estimate of drug-likeness (QED) is 0.739. The minimum absolute atomic E-state index is 0.0822. The third-order valence-corrected chi connectivity index (χ3v) is 3.93. The summed E-state index contributed by atoms with van der Waals surface area (Å²) in [6.45, 7) is 3.83. The molecule has 1 aliphatic rings. The first kappa shape index (κ1) is 16.0. The summed E-state index contributed by atoms with van der Waals surface area (Å²) in [4.78, 5) is 23.7. The van der Waals surface area contributed by atoms with Gasteiger partial charge in [-0.3, -0.25) is 9.59 Å². The Hall–Kier alpha value is -1.10. The van der Waals surface area contributed by atoms with Crippen LogP contribution in [0.25, 0.3) is 0 Å². The van der Waals surface area contributed by atoms with E-state index in [-0.39, 0.29) is 24.2 Å². The lowest BCUT2D eigenvalue weighted by atomic mass is 9.79. The number of rotatable bonds is 5. The molecule has 0 saturated heterocycles. The summed E-state index contributed by atoms with van der Waals surface area (Å²) in [5, 5.41) is 3.01. The van der Waals surface area contributed by atoms with Gasteiger partial charge in [-0.25, -0.2) is 0 Å². The van der Waals surface area contributed by atoms with E-state index < -0.39 is 11.6 Å². The van der Waals surface area contributed by atoms with Gasteiger partial charge in [0, 0.05) is 0 Å². The Labute approximate surface area is 115 Å². The molecular formula is C14H26N2O3. The highest BCUT2D eigenvalue weighted by Gasteiger charge is 2.37. The van der Waals surface area contributed by atoms with Crippen LogP contribution in [0.4, 0.5) is 0 Å². The molecule has 0 aromatic rings. The Morgan fingerprint density at radius 2 is 1.84 bits per heavy atom. The first-order chi connectivity index (χ1) is 8.90. The number of methoxy groups -OCH3 is 1. The van der Waals surface area contributed by atoms with Crippen LogP contribution in [0.15, 0.2) is 0 Å². The van der Waals surface area contributed by atoms with Gasteiger partial charge in [0.25, 0.3) is 0 Å². The maximum atomic E-state index is 12.1. The third kappa shape index (κ3) is 4.49. The summed E-state index contributed by atoms with van der Waals surface area (Å²) < 4.78 is 4.75. The predicted molar refractivity (Wildman–Crippen MR) is 73.4 cm³/mol. The Morgan fingerprint density at radius 3 is 2.32 bits per heavy atom. The summed E-state index contributed by atoms with van der Waals surface area (Å²) in [5.41, 5.74) is 5.41. The Bertz CT molecular complexity index is 323. The van der Waals surface area contributed by atoms with Gasteiger partial charge in [0.05, 0.1) is 25.1 Å². The summed E-state index contributed by atoms with van der Waals surface area (Å²) in [5.74, 6) is -0.361. The Morgan fingerprint density at radius 1 is 1.26 bits per heavy atom. The molecule has 0 radical (unpaired) electrons. The van der Waals surface area contributed by atoms with Gasteiger partial charge < -0.3 is 15.8 Å². The van der Waals surface area contributed by atoms with Crippen LogP contribution in [0, 0.1) is 5.92 Å². The van der Waals surface area contributed by atoms with Crippen molar-refractivity contribution in [1.29, 1.82) is 0 Å². The topological polar surface area (TPSA) is 81.4 Å². The first-order valence-electron chi connectivity index (χ1n) is 7.04. The smallest absolute Gasteiger partial charge is 0.307 e. The summed E-state index contributed by atoms with van der Waals surface area (Å²) in [6, 6.07) is -0.531. The highest BCUT2D eigenvalue weighted by atomic mass is 16.5. The van der Waals surface area contributed by atoms with Gasteiger partial charge in [-0.15, -0.1) is 0 Å². The number of hydrogen-bond acceptors (Lipinski definition) is 4. The van der Waals surface area contributed by atoms with Gasteiger partial charge in [0.1, 0.15) is 0 Å². The van der Waals surface area contributed by atoms with Gasteiger partial charge >= 0.3 is 5.97 Å². The third-order valence-electron chi connectivity index (χ3n) is 3.93. The molecule has 0 heterocycles. The van der Waals surface area contributed by atoms with E-state index in [1.54, 1.807) is 0 Å². The number of amides is 1. The van der Waals surface area contributed by atoms with Gasteiger partial charge in [-0.1, -0.05) is 33.1 Å². The van der Waals surface area contributed by atoms with E-state index in [9.17, 15) is 9.59 Å². The van der Waals surface area contributed by atoms with Crippen LogP contribution in [0.2, 0.25) is 0 Å². The highest BCUT2D eigenvalue weighted by molar-refractivity contribution is 5.83. The molecule has 1 atom stereocenters. The monoisotopic (exact) mass is 270 g/mol. The average Bonchev–Trinajstić information content (AvgIpc) is 2.38. The molecule has 0 aromatic carbocycles. The lowest BCUT2D eigenvalue weighted by Gasteiger charge is -2.38. The van der Waals surface area contributed by atoms with Crippen molar-refractivity contribution in [2.75, 3.05) is 7.11 Å². The summed E-state index contributed by atoms with van der Waals surface area (Å²) in [7, 11) is 1.38. The van der Waals surface area contributed by atoms with Crippen molar-refractivity contribution in [1.82, 2.24) is 5.32 Å². The predicted octanol–water partition coefficient (Wildman–Crippen LogP) is 1.35. The molecule has 3 N–H and O–H groups in total. The van der Waals surface area contributed by atoms with Crippen LogP contribution in [0.3, 0.4) is 0 Å². The molecule has 0 aromatic heterocycles. The minimum Gasteiger partial charge on any atom is -0.469 e. The number of hydrogen-bond donors (Lipinski definition) is 2. The van der Waals surface area contributed by atoms with Gasteiger partial charge in [0.2, 0.25) is 5.91 Å². The van der Waals surface area contributed by atoms with Crippen molar-refractivity contribution in [3.8, 4) is 0 Å². The van der Waals surface area contributed by atoms with E-state index in [2.05, 4.69) is 5.32 Å². The fourth-order valence-electron chi connectivity index (χ4n) is 2.57. The first-order valence-corrected chi connectivity index (χ1v) is 7.04. The summed E-state index contributed by atoms with van der Waals surface area (Å²) in [6.07, 6.45) is 5.06. The van der Waals surface area contributed by atoms with Crippen molar-refractivity contribution < 1.29 is 14.3 Å². The van der Waals surface area contributed by atoms with Crippen LogP contribution in [-0.2, 0) is 14.3 Å². The van der Waals surface area contributed by atoms with E-state index in [1.165, 1.54) is 7.11 Å². The van der Waals surface area contributed by atoms with E-state index in [4.69, 9.17) is 10.5 Å². The number of carbonyl (C=O) groups is 2. The molecule has 5 nitrogen and oxygen atoms in total. The Balaban J connectivity index is 2.74. The van der Waals surface area contributed by atoms with Crippen molar-refractivity contribution in [2.24, 2.45) is 11.7 Å². The molecule has 19 heavy (non-hydrogen) atoms. The number of esters is 1. The second-order valence-corrected chi connectivity index (χ2v) is 5.85. The van der Waals surface area contributed by atoms with Crippen LogP contribution >= 0.6 is 0 Å². The summed E-state index contributed by atoms with van der Waals surface area (Å²) >= 11 is 0. The molecule has 0 spiro atoms. The molecule has 0 unspecified atom stereocenters. The number of carbonyl (C=O) groups excluding carboxylic acids is 2. The van der Waals surface area contributed by atoms with Gasteiger partial charge in [-0.05, 0) is 18.8 Å². The molecule has 1 rings (SSSR count). The van der Waals surface area contributed by atoms with Crippen LogP contribution in [0.1, 0.15) is 52.4 Å². The number of nitrogens with one attached hydrogen (secondary N) is 1. The van der Waals surface area contributed by atoms with Crippen molar-refractivity contribution in [2.45, 2.75) is 64.0 Å². The second-order valence-electron chi connectivity index (χ2n) is 5.85. The molecule has 110 valence electrons. The molecule has 1 saturated carbocycles. The molecule has 1 amide bonds. The normalized spacial score (nSPS) is 19.8.